The number of carbonyl (C=O) groups is 11. The van der Waals surface area contributed by atoms with E-state index >= 15 is 0 Å². The van der Waals surface area contributed by atoms with Gasteiger partial charge in [-0.05, 0) is 137 Å². The van der Waals surface area contributed by atoms with Gasteiger partial charge in [0.2, 0.25) is 65.0 Å². The summed E-state index contributed by atoms with van der Waals surface area (Å²) >= 11 is 1.34. The summed E-state index contributed by atoms with van der Waals surface area (Å²) < 4.78 is 0. The molecule has 0 aliphatic rings. The van der Waals surface area contributed by atoms with Gasteiger partial charge in [0, 0.05) is 24.3 Å². The van der Waals surface area contributed by atoms with Crippen LogP contribution in [0.1, 0.15) is 158 Å². The number of primary amides is 1. The first-order valence-electron chi connectivity index (χ1n) is 32.9. The first-order valence-corrected chi connectivity index (χ1v) is 33.8. The molecule has 11 amide bonds. The van der Waals surface area contributed by atoms with E-state index in [1.165, 1.54) is 49.4 Å². The van der Waals surface area contributed by atoms with Crippen molar-refractivity contribution in [3.8, 4) is 5.75 Å². The van der Waals surface area contributed by atoms with Crippen molar-refractivity contribution in [1.29, 1.82) is 0 Å². The second-order valence-electron chi connectivity index (χ2n) is 26.2. The largest absolute Gasteiger partial charge is 0.508 e. The molecule has 95 heavy (non-hydrogen) atoms. The van der Waals surface area contributed by atoms with Gasteiger partial charge in [0.15, 0.2) is 5.96 Å². The Morgan fingerprint density at radius 2 is 0.916 bits per heavy atom. The van der Waals surface area contributed by atoms with E-state index in [4.69, 9.17) is 28.7 Å². The normalized spacial score (nSPS) is 15.5. The van der Waals surface area contributed by atoms with Gasteiger partial charge >= 0.3 is 0 Å². The Morgan fingerprint density at radius 3 is 1.39 bits per heavy atom. The topological polar surface area (TPSA) is 491 Å². The number of hydrogen-bond acceptors (Lipinski definition) is 17. The van der Waals surface area contributed by atoms with Crippen molar-refractivity contribution in [2.24, 2.45) is 63.3 Å². The minimum atomic E-state index is -1.68. The number of phenols is 1. The van der Waals surface area contributed by atoms with Crippen LogP contribution in [0.25, 0.3) is 0 Å². The maximum absolute atomic E-state index is 14.7. The van der Waals surface area contributed by atoms with Crippen molar-refractivity contribution < 1.29 is 63.0 Å². The second-order valence-corrected chi connectivity index (χ2v) is 27.2. The van der Waals surface area contributed by atoms with Gasteiger partial charge in [-0.15, -0.1) is 11.3 Å². The summed E-state index contributed by atoms with van der Waals surface area (Å²) in [5, 5.41) is 49.6. The van der Waals surface area contributed by atoms with Crippen molar-refractivity contribution in [1.82, 2.24) is 53.2 Å². The minimum Gasteiger partial charge on any atom is -0.508 e. The number of rotatable bonds is 44. The monoisotopic (exact) mass is 1350 g/mol. The summed E-state index contributed by atoms with van der Waals surface area (Å²) in [6.45, 7) is 21.2. The molecule has 13 atom stereocenters. The van der Waals surface area contributed by atoms with Crippen LogP contribution in [0.4, 0.5) is 0 Å². The number of nitrogens with one attached hydrogen (secondary N) is 10. The van der Waals surface area contributed by atoms with E-state index in [-0.39, 0.29) is 99.8 Å². The van der Waals surface area contributed by atoms with Crippen LogP contribution in [0.3, 0.4) is 0 Å². The van der Waals surface area contributed by atoms with Crippen LogP contribution in [0.5, 0.6) is 5.75 Å². The van der Waals surface area contributed by atoms with Crippen molar-refractivity contribution >= 4 is 82.3 Å². The van der Waals surface area contributed by atoms with Crippen LogP contribution in [-0.2, 0) is 65.6 Å². The van der Waals surface area contributed by atoms with Gasteiger partial charge in [0.05, 0.1) is 12.1 Å². The molecule has 2 rings (SSSR count). The predicted octanol–water partition coefficient (Wildman–Crippen LogP) is -0.287. The molecule has 0 saturated heterocycles. The molecule has 534 valence electrons. The molecule has 0 spiro atoms. The van der Waals surface area contributed by atoms with E-state index in [0.29, 0.717) is 31.2 Å². The third-order valence-electron chi connectivity index (χ3n) is 15.5. The third kappa shape index (κ3) is 31.4. The SMILES string of the molecule is CC[C@H](C)[C@H](NC(=O)[C@@H](Cc1cccs1)NC(=O)[C@H](CC(C)C)NC(=O)[C@H](CC(C)C)NC(=O)[C@H](CCCCN)NC(=O)[C@H](CCCN=C(N)N)NC(=O)[C@@H](Cc1ccc(O)cc1)NC(=O)[C@@H](NC(=O)[C@H](C)NC(=O)[C@H](N)CC(C)C)[C@@H](C)O)C(=O)N[C@H](CC(C)C)C(N)=O. The zero-order chi connectivity index (χ0) is 71.8. The van der Waals surface area contributed by atoms with Crippen LogP contribution >= 0.6 is 11.3 Å². The summed E-state index contributed by atoms with van der Waals surface area (Å²) in [5.74, 6) is -9.80. The Morgan fingerprint density at radius 1 is 0.484 bits per heavy atom. The molecule has 1 aromatic carbocycles. The minimum absolute atomic E-state index is 0.00412. The number of amides is 11. The lowest BCUT2D eigenvalue weighted by molar-refractivity contribution is -0.137. The lowest BCUT2D eigenvalue weighted by Crippen LogP contribution is -2.62. The van der Waals surface area contributed by atoms with Crippen molar-refractivity contribution in [2.45, 2.75) is 233 Å². The number of hydrogen-bond donors (Lipinski definition) is 17. The van der Waals surface area contributed by atoms with Gasteiger partial charge in [0.25, 0.3) is 0 Å². The number of aliphatic hydroxyl groups excluding tert-OH is 1. The molecule has 1 heterocycles. The van der Waals surface area contributed by atoms with E-state index in [9.17, 15) is 63.0 Å². The standard InChI is InChI=1S/C65H110N16O13S/c1-13-38(10)52(63(93)75-47(54(68)84)29-35(4)5)80-62(92)51(33-43-18-17-27-95-43)78-60(90)49(31-37(8)9)77-59(89)48(30-36(6)7)76-58(88)45(19-14-15-25-66)73-57(87)46(20-16-26-71-65(69)70)74-61(91)50(32-41-21-23-42(83)24-22-41)79-64(94)53(40(12)82)81-55(85)39(11)72-56(86)44(67)28-34(2)3/h17-18,21-24,27,34-40,44-53,82-83H,13-16,19-20,25-26,28-33,66-67H2,1-12H3,(H2,68,84)(H,72,86)(H,73,87)(H,74,91)(H,75,93)(H,76,88)(H,77,89)(H,78,90)(H,79,94)(H,80,92)(H,81,85)(H4,69,70,71)/t38-,39-,40+,44+,45-,46-,47+,48-,49-,50+,51+,52-,53-/m0/s1. The van der Waals surface area contributed by atoms with E-state index in [0.717, 1.165) is 4.88 Å². The summed E-state index contributed by atoms with van der Waals surface area (Å²) in [6, 6.07) is -4.92. The van der Waals surface area contributed by atoms with Crippen molar-refractivity contribution in [2.75, 3.05) is 13.1 Å². The summed E-state index contributed by atoms with van der Waals surface area (Å²) in [4.78, 5) is 159. The van der Waals surface area contributed by atoms with Crippen molar-refractivity contribution in [3.05, 3.63) is 52.2 Å². The molecule has 0 aliphatic carbocycles. The lowest BCUT2D eigenvalue weighted by atomic mass is 9.96. The third-order valence-corrected chi connectivity index (χ3v) is 16.4. The molecular formula is C65H110N16O13S. The predicted molar refractivity (Wildman–Crippen MR) is 364 cm³/mol. The molecule has 30 heteroatoms. The number of benzene rings is 1. The first kappa shape index (κ1) is 83.1. The van der Waals surface area contributed by atoms with Gasteiger partial charge in [-0.25, -0.2) is 0 Å². The molecule has 1 aromatic heterocycles. The fraction of sp³-hybridized carbons (Fsp3) is 0.662. The number of aliphatic imine (C=N–C) groups is 1. The Kier molecular flexibility index (Phi) is 37.2. The number of unbranched alkanes of at least 4 members (excludes halogenated alkanes) is 1. The molecule has 0 unspecified atom stereocenters. The van der Waals surface area contributed by atoms with E-state index < -0.39 is 143 Å². The highest BCUT2D eigenvalue weighted by molar-refractivity contribution is 7.09. The molecular weight excluding hydrogens is 1240 g/mol. The van der Waals surface area contributed by atoms with Crippen LogP contribution in [0.15, 0.2) is 46.8 Å². The second kappa shape index (κ2) is 42.5. The average molecular weight is 1360 g/mol. The number of guanidine groups is 1. The number of nitrogens with zero attached hydrogens (tertiary/aromatic N) is 1. The Balaban J connectivity index is 2.58. The summed E-state index contributed by atoms with van der Waals surface area (Å²) in [5.41, 5.74) is 29.2. The quantitative estimate of drug-likeness (QED) is 0.0230. The molecule has 0 aliphatic heterocycles. The molecule has 22 N–H and O–H groups in total. The van der Waals surface area contributed by atoms with Gasteiger partial charge in [-0.2, -0.15) is 0 Å². The maximum atomic E-state index is 14.7. The zero-order valence-electron chi connectivity index (χ0n) is 57.4. The molecule has 0 radical (unpaired) electrons. The fourth-order valence-corrected chi connectivity index (χ4v) is 10.9. The van der Waals surface area contributed by atoms with Gasteiger partial charge in [0.1, 0.15) is 66.2 Å². The molecule has 0 fully saturated rings. The number of carbonyl (C=O) groups excluding carboxylic acids is 11. The average Bonchev–Trinajstić information content (AvgIpc) is 1.16. The van der Waals surface area contributed by atoms with Crippen LogP contribution in [-0.4, -0.2) is 167 Å². The number of aromatic hydroxyl groups is 1. The number of aliphatic hydroxyl groups is 1. The highest BCUT2D eigenvalue weighted by Gasteiger charge is 2.38. The Hall–Kier alpha value is -7.96. The Bertz CT molecular complexity index is 2820. The molecule has 29 nitrogen and oxygen atoms in total. The van der Waals surface area contributed by atoms with E-state index in [1.807, 2.05) is 62.3 Å². The number of thiophene rings is 1. The van der Waals surface area contributed by atoms with Gasteiger partial charge in [-0.1, -0.05) is 93.9 Å². The highest BCUT2D eigenvalue weighted by atomic mass is 32.1. The zero-order valence-corrected chi connectivity index (χ0v) is 58.2. The summed E-state index contributed by atoms with van der Waals surface area (Å²) in [7, 11) is 0. The van der Waals surface area contributed by atoms with E-state index in [2.05, 4.69) is 58.2 Å². The fourth-order valence-electron chi connectivity index (χ4n) is 10.1. The molecule has 2 aromatic rings. The van der Waals surface area contributed by atoms with Gasteiger partial charge in [-0.3, -0.25) is 57.7 Å². The number of nitrogens with two attached hydrogens (primary N) is 5. The smallest absolute Gasteiger partial charge is 0.245 e. The van der Waals surface area contributed by atoms with Crippen molar-refractivity contribution in [3.63, 3.8) is 0 Å². The lowest BCUT2D eigenvalue weighted by Gasteiger charge is -2.30. The van der Waals surface area contributed by atoms with Crippen LogP contribution < -0.4 is 81.8 Å². The Labute approximate surface area is 563 Å². The molecule has 0 bridgehead atoms. The highest BCUT2D eigenvalue weighted by Crippen LogP contribution is 2.18. The van der Waals surface area contributed by atoms with Gasteiger partial charge < -0.3 is 92.0 Å². The van der Waals surface area contributed by atoms with E-state index in [1.54, 1.807) is 24.4 Å². The van der Waals surface area contributed by atoms with Crippen LogP contribution in [0, 0.1) is 29.6 Å². The first-order chi connectivity index (χ1) is 44.6. The molecule has 0 saturated carbocycles. The number of phenolic OH excluding ortho intramolecular Hbond substituents is 1. The van der Waals surface area contributed by atoms with Crippen LogP contribution in [0.2, 0.25) is 0 Å². The summed E-state index contributed by atoms with van der Waals surface area (Å²) in [6.07, 6.45) is 0.0463. The maximum Gasteiger partial charge on any atom is 0.245 e.